The van der Waals surface area contributed by atoms with Crippen molar-refractivity contribution in [3.63, 3.8) is 0 Å². The van der Waals surface area contributed by atoms with Gasteiger partial charge < -0.3 is 23.7 Å². The maximum absolute atomic E-state index is 14.6. The Hall–Kier alpha value is -3.96. The number of ether oxygens (including phenoxy) is 3. The molecule has 0 atom stereocenters. The Balaban J connectivity index is 1.16. The topological polar surface area (TPSA) is 69.1 Å². The van der Waals surface area contributed by atoms with E-state index in [0.29, 0.717) is 54.1 Å². The number of alkyl halides is 2. The van der Waals surface area contributed by atoms with Gasteiger partial charge in [0, 0.05) is 24.2 Å². The quantitative estimate of drug-likeness (QED) is 0.206. The molecule has 0 N–H and O–H groups in total. The highest BCUT2D eigenvalue weighted by Crippen LogP contribution is 2.38. The van der Waals surface area contributed by atoms with Crippen LogP contribution in [0.4, 0.5) is 18.9 Å². The predicted molar refractivity (Wildman–Crippen MR) is 160 cm³/mol. The average molecular weight is 629 g/mol. The normalized spacial score (nSPS) is 15.8. The molecule has 1 fully saturated rings. The molecule has 2 aliphatic heterocycles. The van der Waals surface area contributed by atoms with Crippen LogP contribution < -0.4 is 14.4 Å². The van der Waals surface area contributed by atoms with E-state index in [2.05, 4.69) is 26.9 Å². The lowest BCUT2D eigenvalue weighted by atomic mass is 9.89. The number of carbonyl (C=O) groups excluding carboxylic acids is 1. The summed E-state index contributed by atoms with van der Waals surface area (Å²) in [4.78, 5) is 21.2. The van der Waals surface area contributed by atoms with Crippen molar-refractivity contribution >= 4 is 34.3 Å². The smallest absolute Gasteiger partial charge is 0.387 e. The lowest BCUT2D eigenvalue weighted by Crippen LogP contribution is -2.34. The molecule has 44 heavy (non-hydrogen) atoms. The number of piperidine rings is 1. The molecule has 3 aromatic carbocycles. The summed E-state index contributed by atoms with van der Waals surface area (Å²) in [5.41, 5.74) is 3.63. The number of rotatable bonds is 8. The van der Waals surface area contributed by atoms with Crippen LogP contribution in [0.25, 0.3) is 11.0 Å². The summed E-state index contributed by atoms with van der Waals surface area (Å²) >= 11 is 5.95. The van der Waals surface area contributed by atoms with Crippen molar-refractivity contribution in [3.05, 3.63) is 81.9 Å². The van der Waals surface area contributed by atoms with Crippen LogP contribution in [0.5, 0.6) is 11.5 Å². The zero-order chi connectivity index (χ0) is 31.0. The minimum atomic E-state index is -3.06. The van der Waals surface area contributed by atoms with E-state index >= 15 is 0 Å². The van der Waals surface area contributed by atoms with Gasteiger partial charge in [-0.05, 0) is 73.8 Å². The molecule has 0 amide bonds. The number of halogens is 4. The van der Waals surface area contributed by atoms with Gasteiger partial charge in [-0.15, -0.1) is 0 Å². The number of aryl methyl sites for hydroxylation is 1. The Morgan fingerprint density at radius 3 is 2.61 bits per heavy atom. The van der Waals surface area contributed by atoms with E-state index in [9.17, 15) is 18.0 Å². The molecular weight excluding hydrogens is 597 g/mol. The molecule has 1 saturated heterocycles. The molecule has 6 rings (SSSR count). The Morgan fingerprint density at radius 1 is 1.09 bits per heavy atom. The highest BCUT2D eigenvalue weighted by molar-refractivity contribution is 6.30. The first-order chi connectivity index (χ1) is 21.2. The largest absolute Gasteiger partial charge is 0.490 e. The Labute approximate surface area is 257 Å². The van der Waals surface area contributed by atoms with E-state index in [1.165, 1.54) is 24.8 Å². The lowest BCUT2D eigenvalue weighted by Gasteiger charge is -2.34. The Bertz CT molecular complexity index is 1690. The molecule has 0 bridgehead atoms. The number of likely N-dealkylation sites (tertiary alicyclic amines) is 1. The first kappa shape index (κ1) is 30.1. The molecule has 4 aromatic rings. The van der Waals surface area contributed by atoms with E-state index in [4.69, 9.17) is 25.8 Å². The first-order valence-electron chi connectivity index (χ1n) is 14.4. The number of carbonyl (C=O) groups is 1. The third-order valence-corrected chi connectivity index (χ3v) is 8.66. The molecule has 0 aliphatic carbocycles. The van der Waals surface area contributed by atoms with Crippen LogP contribution in [0.2, 0.25) is 5.02 Å². The number of hydrogen-bond donors (Lipinski definition) is 0. The van der Waals surface area contributed by atoms with Crippen LogP contribution >= 0.6 is 11.6 Å². The fraction of sp³-hybridized carbons (Fsp3) is 0.375. The molecule has 0 radical (unpaired) electrons. The van der Waals surface area contributed by atoms with Gasteiger partial charge in [-0.1, -0.05) is 23.7 Å². The molecule has 1 aromatic heterocycles. The lowest BCUT2D eigenvalue weighted by molar-refractivity contribution is -0.0489. The summed E-state index contributed by atoms with van der Waals surface area (Å²) < 4.78 is 58.1. The molecule has 0 spiro atoms. The molecule has 3 heterocycles. The molecule has 8 nitrogen and oxygen atoms in total. The summed E-state index contributed by atoms with van der Waals surface area (Å²) in [6.07, 6.45) is 1.84. The molecular formula is C32H32ClF3N4O4. The van der Waals surface area contributed by atoms with E-state index in [-0.39, 0.29) is 22.6 Å². The molecule has 12 heteroatoms. The van der Waals surface area contributed by atoms with Crippen LogP contribution in [0.3, 0.4) is 0 Å². The fourth-order valence-corrected chi connectivity index (χ4v) is 6.21. The molecule has 0 unspecified atom stereocenters. The summed E-state index contributed by atoms with van der Waals surface area (Å²) in [7, 11) is 3.02. The summed E-state index contributed by atoms with van der Waals surface area (Å²) in [6, 6.07) is 13.9. The first-order valence-corrected chi connectivity index (χ1v) is 14.8. The van der Waals surface area contributed by atoms with Crippen molar-refractivity contribution in [3.8, 4) is 11.5 Å². The van der Waals surface area contributed by atoms with E-state index in [0.717, 1.165) is 37.4 Å². The third kappa shape index (κ3) is 6.16. The SMILES string of the molecule is COC(=O)c1cc(OC(F)F)c2nc(CN3CCC(c4ccc5c(c4)N(Cc4ccc(Cl)cc4F)CCO5)CC3)n(C)c2c1. The van der Waals surface area contributed by atoms with Gasteiger partial charge in [0.05, 0.1) is 37.0 Å². The van der Waals surface area contributed by atoms with Crippen molar-refractivity contribution in [2.45, 2.75) is 38.5 Å². The van der Waals surface area contributed by atoms with Crippen LogP contribution in [-0.4, -0.2) is 60.4 Å². The van der Waals surface area contributed by atoms with Crippen LogP contribution in [0.15, 0.2) is 48.5 Å². The van der Waals surface area contributed by atoms with Gasteiger partial charge in [-0.25, -0.2) is 14.2 Å². The van der Waals surface area contributed by atoms with Gasteiger partial charge in [0.2, 0.25) is 0 Å². The number of nitrogens with zero attached hydrogens (tertiary/aromatic N) is 4. The van der Waals surface area contributed by atoms with Gasteiger partial charge in [0.15, 0.2) is 5.75 Å². The van der Waals surface area contributed by atoms with Crippen molar-refractivity contribution in [2.75, 3.05) is 38.3 Å². The summed E-state index contributed by atoms with van der Waals surface area (Å²) in [5.74, 6) is 0.667. The Morgan fingerprint density at radius 2 is 1.89 bits per heavy atom. The van der Waals surface area contributed by atoms with E-state index in [1.807, 2.05) is 6.07 Å². The number of methoxy groups -OCH3 is 1. The highest BCUT2D eigenvalue weighted by atomic mass is 35.5. The maximum Gasteiger partial charge on any atom is 0.387 e. The van der Waals surface area contributed by atoms with Crippen molar-refractivity contribution in [1.29, 1.82) is 0 Å². The molecule has 232 valence electrons. The number of benzene rings is 3. The third-order valence-electron chi connectivity index (χ3n) is 8.42. The number of imidazole rings is 1. The number of fused-ring (bicyclic) bond motifs is 2. The average Bonchev–Trinajstić information content (AvgIpc) is 3.33. The standard InChI is InChI=1S/C32H32ClF3N4O4/c1-38-26-14-22(31(41)42-2)15-28(44-32(35)36)30(26)37-29(38)18-39-9-7-19(8-10-39)20-4-6-27-25(13-20)40(11-12-43-27)17-21-3-5-23(33)16-24(21)34/h3-6,13-16,19,32H,7-12,17-18H2,1-2H3. The van der Waals surface area contributed by atoms with Gasteiger partial charge in [0.25, 0.3) is 0 Å². The minimum Gasteiger partial charge on any atom is -0.490 e. The Kier molecular flexibility index (Phi) is 8.59. The zero-order valence-electron chi connectivity index (χ0n) is 24.4. The second-order valence-corrected chi connectivity index (χ2v) is 11.5. The number of anilines is 1. The number of hydrogen-bond acceptors (Lipinski definition) is 7. The van der Waals surface area contributed by atoms with Crippen LogP contribution in [0.1, 0.15) is 46.1 Å². The molecule has 0 saturated carbocycles. The van der Waals surface area contributed by atoms with Crippen LogP contribution in [-0.2, 0) is 24.9 Å². The van der Waals surface area contributed by atoms with Gasteiger partial charge in [0.1, 0.15) is 29.5 Å². The van der Waals surface area contributed by atoms with Gasteiger partial charge in [-0.2, -0.15) is 8.78 Å². The van der Waals surface area contributed by atoms with Crippen molar-refractivity contribution in [2.24, 2.45) is 7.05 Å². The molecule has 2 aliphatic rings. The predicted octanol–water partition coefficient (Wildman–Crippen LogP) is 6.53. The van der Waals surface area contributed by atoms with Gasteiger partial charge >= 0.3 is 12.6 Å². The summed E-state index contributed by atoms with van der Waals surface area (Å²) in [6.45, 7) is 0.686. The second kappa shape index (κ2) is 12.6. The van der Waals surface area contributed by atoms with Gasteiger partial charge in [-0.3, -0.25) is 4.90 Å². The van der Waals surface area contributed by atoms with E-state index in [1.54, 1.807) is 29.8 Å². The number of esters is 1. The van der Waals surface area contributed by atoms with Crippen molar-refractivity contribution < 1.29 is 32.2 Å². The fourth-order valence-electron chi connectivity index (χ4n) is 6.06. The monoisotopic (exact) mass is 628 g/mol. The van der Waals surface area contributed by atoms with E-state index < -0.39 is 12.6 Å². The minimum absolute atomic E-state index is 0.110. The van der Waals surface area contributed by atoms with Crippen molar-refractivity contribution in [1.82, 2.24) is 14.5 Å². The zero-order valence-corrected chi connectivity index (χ0v) is 25.1. The maximum atomic E-state index is 14.6. The highest BCUT2D eigenvalue weighted by Gasteiger charge is 2.26. The second-order valence-electron chi connectivity index (χ2n) is 11.1. The van der Waals surface area contributed by atoms with Crippen LogP contribution in [0, 0.1) is 5.82 Å². The summed E-state index contributed by atoms with van der Waals surface area (Å²) in [5, 5.41) is 0.372. The number of aromatic nitrogens is 2.